The van der Waals surface area contributed by atoms with Crippen molar-refractivity contribution in [3.63, 3.8) is 0 Å². The highest BCUT2D eigenvalue weighted by atomic mass is 16.2. The second-order valence-corrected chi connectivity index (χ2v) is 6.88. The average molecular weight is 300 g/mol. The molecular formula is C19H28N2O. The standard InChI is InChI=1S/C19H28N2O/c1-16-5-7-17(8-6-16)15-21-14-11-18(9-10-19(21)22)20-12-3-2-4-13-20/h5-8,18H,2-4,9-15H2,1H3. The summed E-state index contributed by atoms with van der Waals surface area (Å²) in [4.78, 5) is 17.1. The lowest BCUT2D eigenvalue weighted by molar-refractivity contribution is -0.131. The van der Waals surface area contributed by atoms with Gasteiger partial charge in [0.25, 0.3) is 0 Å². The van der Waals surface area contributed by atoms with E-state index in [1.807, 2.05) is 0 Å². The van der Waals surface area contributed by atoms with Gasteiger partial charge < -0.3 is 9.80 Å². The first-order valence-corrected chi connectivity index (χ1v) is 8.80. The minimum absolute atomic E-state index is 0.333. The molecule has 0 N–H and O–H groups in total. The molecule has 0 aromatic heterocycles. The summed E-state index contributed by atoms with van der Waals surface area (Å²) in [6.07, 6.45) is 6.94. The first kappa shape index (κ1) is 15.5. The van der Waals surface area contributed by atoms with Crippen molar-refractivity contribution in [1.29, 1.82) is 0 Å². The van der Waals surface area contributed by atoms with Crippen LogP contribution in [0.3, 0.4) is 0 Å². The van der Waals surface area contributed by atoms with Crippen LogP contribution >= 0.6 is 0 Å². The molecule has 120 valence electrons. The fourth-order valence-corrected chi connectivity index (χ4v) is 3.75. The molecular weight excluding hydrogens is 272 g/mol. The molecule has 3 heteroatoms. The molecule has 3 nitrogen and oxygen atoms in total. The molecule has 1 aromatic carbocycles. The molecule has 0 saturated carbocycles. The lowest BCUT2D eigenvalue weighted by atomic mass is 10.0. The summed E-state index contributed by atoms with van der Waals surface area (Å²) in [5.74, 6) is 0.333. The minimum Gasteiger partial charge on any atom is -0.338 e. The SMILES string of the molecule is Cc1ccc(CN2CCC(N3CCCCC3)CCC2=O)cc1. The number of benzene rings is 1. The van der Waals surface area contributed by atoms with E-state index in [2.05, 4.69) is 41.0 Å². The Morgan fingerprint density at radius 2 is 1.73 bits per heavy atom. The van der Waals surface area contributed by atoms with Gasteiger partial charge in [-0.15, -0.1) is 0 Å². The number of carbonyl (C=O) groups is 1. The molecule has 1 unspecified atom stereocenters. The Hall–Kier alpha value is -1.35. The number of piperidine rings is 1. The van der Waals surface area contributed by atoms with E-state index in [9.17, 15) is 4.79 Å². The molecule has 2 aliphatic rings. The summed E-state index contributed by atoms with van der Waals surface area (Å²) in [6, 6.07) is 9.18. The molecule has 0 spiro atoms. The van der Waals surface area contributed by atoms with E-state index in [-0.39, 0.29) is 0 Å². The predicted molar refractivity (Wildman–Crippen MR) is 89.7 cm³/mol. The van der Waals surface area contributed by atoms with Gasteiger partial charge in [-0.1, -0.05) is 36.2 Å². The minimum atomic E-state index is 0.333. The number of likely N-dealkylation sites (tertiary alicyclic amines) is 2. The summed E-state index contributed by atoms with van der Waals surface area (Å²) < 4.78 is 0. The van der Waals surface area contributed by atoms with Gasteiger partial charge in [0.2, 0.25) is 5.91 Å². The third-order valence-corrected chi connectivity index (χ3v) is 5.18. The van der Waals surface area contributed by atoms with E-state index in [1.54, 1.807) is 0 Å². The zero-order valence-corrected chi connectivity index (χ0v) is 13.8. The molecule has 2 aliphatic heterocycles. The zero-order valence-electron chi connectivity index (χ0n) is 13.8. The Labute approximate surface area is 134 Å². The molecule has 2 fully saturated rings. The second kappa shape index (κ2) is 7.28. The van der Waals surface area contributed by atoms with Crippen LogP contribution in [0.4, 0.5) is 0 Å². The van der Waals surface area contributed by atoms with Crippen molar-refractivity contribution < 1.29 is 4.79 Å². The van der Waals surface area contributed by atoms with Crippen LogP contribution in [-0.4, -0.2) is 41.4 Å². The largest absolute Gasteiger partial charge is 0.338 e. The van der Waals surface area contributed by atoms with Crippen molar-refractivity contribution in [1.82, 2.24) is 9.80 Å². The van der Waals surface area contributed by atoms with E-state index in [1.165, 1.54) is 43.5 Å². The van der Waals surface area contributed by atoms with Gasteiger partial charge >= 0.3 is 0 Å². The van der Waals surface area contributed by atoms with Crippen LogP contribution in [0.5, 0.6) is 0 Å². The summed E-state index contributed by atoms with van der Waals surface area (Å²) >= 11 is 0. The van der Waals surface area contributed by atoms with Crippen LogP contribution in [0.25, 0.3) is 0 Å². The van der Waals surface area contributed by atoms with Crippen molar-refractivity contribution in [2.75, 3.05) is 19.6 Å². The number of rotatable bonds is 3. The maximum absolute atomic E-state index is 12.4. The topological polar surface area (TPSA) is 23.6 Å². The number of hydrogen-bond donors (Lipinski definition) is 0. The van der Waals surface area contributed by atoms with Crippen molar-refractivity contribution in [2.45, 2.75) is 58.0 Å². The van der Waals surface area contributed by atoms with Crippen molar-refractivity contribution in [3.05, 3.63) is 35.4 Å². The van der Waals surface area contributed by atoms with Crippen LogP contribution < -0.4 is 0 Å². The van der Waals surface area contributed by atoms with Crippen LogP contribution in [-0.2, 0) is 11.3 Å². The monoisotopic (exact) mass is 300 g/mol. The molecule has 1 aromatic rings. The highest BCUT2D eigenvalue weighted by Gasteiger charge is 2.27. The molecule has 2 heterocycles. The third kappa shape index (κ3) is 3.89. The van der Waals surface area contributed by atoms with Gasteiger partial charge in [-0.3, -0.25) is 4.79 Å². The maximum Gasteiger partial charge on any atom is 0.222 e. The first-order chi connectivity index (χ1) is 10.7. The molecule has 0 bridgehead atoms. The Balaban J connectivity index is 1.59. The van der Waals surface area contributed by atoms with Crippen LogP contribution in [0.15, 0.2) is 24.3 Å². The molecule has 0 aliphatic carbocycles. The van der Waals surface area contributed by atoms with Crippen LogP contribution in [0.1, 0.15) is 49.7 Å². The van der Waals surface area contributed by atoms with Gasteiger partial charge in [-0.2, -0.15) is 0 Å². The van der Waals surface area contributed by atoms with Gasteiger partial charge in [0.05, 0.1) is 0 Å². The van der Waals surface area contributed by atoms with Gasteiger partial charge in [0.15, 0.2) is 0 Å². The normalized spacial score (nSPS) is 24.3. The molecule has 0 radical (unpaired) electrons. The smallest absolute Gasteiger partial charge is 0.222 e. The van der Waals surface area contributed by atoms with Crippen LogP contribution in [0, 0.1) is 6.92 Å². The first-order valence-electron chi connectivity index (χ1n) is 8.80. The van der Waals surface area contributed by atoms with Crippen LogP contribution in [0.2, 0.25) is 0 Å². The van der Waals surface area contributed by atoms with E-state index in [4.69, 9.17) is 0 Å². The summed E-state index contributed by atoms with van der Waals surface area (Å²) in [5.41, 5.74) is 2.52. The highest BCUT2D eigenvalue weighted by Crippen LogP contribution is 2.22. The number of nitrogens with zero attached hydrogens (tertiary/aromatic N) is 2. The molecule has 1 amide bonds. The predicted octanol–water partition coefficient (Wildman–Crippen LogP) is 3.36. The van der Waals surface area contributed by atoms with E-state index in [0.29, 0.717) is 18.4 Å². The molecule has 1 atom stereocenters. The lowest BCUT2D eigenvalue weighted by Gasteiger charge is -2.34. The fourth-order valence-electron chi connectivity index (χ4n) is 3.75. The quantitative estimate of drug-likeness (QED) is 0.854. The maximum atomic E-state index is 12.4. The van der Waals surface area contributed by atoms with E-state index < -0.39 is 0 Å². The van der Waals surface area contributed by atoms with Gasteiger partial charge in [0, 0.05) is 25.6 Å². The van der Waals surface area contributed by atoms with Gasteiger partial charge in [-0.25, -0.2) is 0 Å². The number of amides is 1. The third-order valence-electron chi connectivity index (χ3n) is 5.18. The Kier molecular flexibility index (Phi) is 5.14. The van der Waals surface area contributed by atoms with E-state index in [0.717, 1.165) is 25.9 Å². The fraction of sp³-hybridized carbons (Fsp3) is 0.632. The van der Waals surface area contributed by atoms with Gasteiger partial charge in [0.1, 0.15) is 0 Å². The molecule has 2 saturated heterocycles. The summed E-state index contributed by atoms with van der Waals surface area (Å²) in [5, 5.41) is 0. The van der Waals surface area contributed by atoms with Crippen molar-refractivity contribution in [2.24, 2.45) is 0 Å². The molecule has 3 rings (SSSR count). The number of aryl methyl sites for hydroxylation is 1. The zero-order chi connectivity index (χ0) is 15.4. The van der Waals surface area contributed by atoms with Crippen molar-refractivity contribution >= 4 is 5.91 Å². The van der Waals surface area contributed by atoms with Crippen molar-refractivity contribution in [3.8, 4) is 0 Å². The number of hydrogen-bond acceptors (Lipinski definition) is 2. The summed E-state index contributed by atoms with van der Waals surface area (Å²) in [7, 11) is 0. The summed E-state index contributed by atoms with van der Waals surface area (Å²) in [6.45, 7) is 6.25. The lowest BCUT2D eigenvalue weighted by Crippen LogP contribution is -2.39. The van der Waals surface area contributed by atoms with E-state index >= 15 is 0 Å². The highest BCUT2D eigenvalue weighted by molar-refractivity contribution is 5.76. The Bertz CT molecular complexity index is 491. The molecule has 22 heavy (non-hydrogen) atoms. The number of carbonyl (C=O) groups excluding carboxylic acids is 1. The average Bonchev–Trinajstić information content (AvgIpc) is 2.73. The second-order valence-electron chi connectivity index (χ2n) is 6.88. The Morgan fingerprint density at radius 1 is 1.00 bits per heavy atom. The Morgan fingerprint density at radius 3 is 2.45 bits per heavy atom. The van der Waals surface area contributed by atoms with Gasteiger partial charge in [-0.05, 0) is 51.3 Å².